The van der Waals surface area contributed by atoms with Gasteiger partial charge in [0.05, 0.1) is 6.10 Å². The molecule has 2 heteroatoms. The maximum absolute atomic E-state index is 5.75. The smallest absolute Gasteiger partial charge is 0.0632 e. The maximum Gasteiger partial charge on any atom is 0.0632 e. The van der Waals surface area contributed by atoms with E-state index in [1.165, 1.54) is 12.8 Å². The van der Waals surface area contributed by atoms with Crippen LogP contribution >= 0.6 is 0 Å². The summed E-state index contributed by atoms with van der Waals surface area (Å²) in [6, 6.07) is 0.454. The molecule has 9 heavy (non-hydrogen) atoms. The van der Waals surface area contributed by atoms with E-state index in [2.05, 4.69) is 0 Å². The van der Waals surface area contributed by atoms with E-state index in [1.807, 2.05) is 0 Å². The van der Waals surface area contributed by atoms with E-state index in [0.717, 1.165) is 13.0 Å². The number of hydrogen-bond donors (Lipinski definition) is 1. The molecule has 1 saturated carbocycles. The number of ether oxygens (including phenoxy) is 1. The molecule has 0 unspecified atom stereocenters. The van der Waals surface area contributed by atoms with Gasteiger partial charge in [0.25, 0.3) is 0 Å². The lowest BCUT2D eigenvalue weighted by atomic mass is 9.73. The van der Waals surface area contributed by atoms with Crippen LogP contribution < -0.4 is 5.73 Å². The number of fused-ring (bicyclic) bond motifs is 1. The van der Waals surface area contributed by atoms with Gasteiger partial charge >= 0.3 is 0 Å². The zero-order chi connectivity index (χ0) is 6.27. The van der Waals surface area contributed by atoms with Crippen LogP contribution in [0.25, 0.3) is 0 Å². The molecule has 1 saturated heterocycles. The lowest BCUT2D eigenvalue weighted by molar-refractivity contribution is -0.0943. The van der Waals surface area contributed by atoms with Crippen molar-refractivity contribution in [2.75, 3.05) is 6.61 Å². The van der Waals surface area contributed by atoms with Gasteiger partial charge in [-0.1, -0.05) is 0 Å². The lowest BCUT2D eigenvalue weighted by Crippen LogP contribution is -2.54. The summed E-state index contributed by atoms with van der Waals surface area (Å²) in [5, 5.41) is 0. The largest absolute Gasteiger partial charge is 0.378 e. The molecule has 3 atom stereocenters. The topological polar surface area (TPSA) is 35.2 Å². The Hall–Kier alpha value is -0.0800. The second kappa shape index (κ2) is 1.96. The molecular weight excluding hydrogens is 114 g/mol. The van der Waals surface area contributed by atoms with Crippen LogP contribution in [0.5, 0.6) is 0 Å². The zero-order valence-corrected chi connectivity index (χ0v) is 5.55. The molecule has 0 radical (unpaired) electrons. The van der Waals surface area contributed by atoms with Crippen molar-refractivity contribution in [1.82, 2.24) is 0 Å². The van der Waals surface area contributed by atoms with Crippen LogP contribution in [0.4, 0.5) is 0 Å². The van der Waals surface area contributed by atoms with Gasteiger partial charge in [0.15, 0.2) is 0 Å². The molecule has 2 rings (SSSR count). The third kappa shape index (κ3) is 0.775. The molecule has 1 heterocycles. The minimum Gasteiger partial charge on any atom is -0.378 e. The summed E-state index contributed by atoms with van der Waals surface area (Å²) in [7, 11) is 0. The van der Waals surface area contributed by atoms with Gasteiger partial charge in [0.1, 0.15) is 0 Å². The second-order valence-corrected chi connectivity index (χ2v) is 3.11. The van der Waals surface area contributed by atoms with E-state index in [-0.39, 0.29) is 0 Å². The van der Waals surface area contributed by atoms with E-state index in [1.54, 1.807) is 0 Å². The molecule has 2 aliphatic rings. The summed E-state index contributed by atoms with van der Waals surface area (Å²) in [5.74, 6) is 0.707. The highest BCUT2D eigenvalue weighted by molar-refractivity contribution is 4.94. The van der Waals surface area contributed by atoms with Gasteiger partial charge < -0.3 is 10.5 Å². The molecule has 52 valence electrons. The summed E-state index contributed by atoms with van der Waals surface area (Å²) in [6.45, 7) is 0.966. The first-order valence-electron chi connectivity index (χ1n) is 3.75. The van der Waals surface area contributed by atoms with Crippen molar-refractivity contribution >= 4 is 0 Å². The van der Waals surface area contributed by atoms with Gasteiger partial charge in [-0.15, -0.1) is 0 Å². The second-order valence-electron chi connectivity index (χ2n) is 3.11. The fraction of sp³-hybridized carbons (Fsp3) is 1.00. The van der Waals surface area contributed by atoms with Crippen molar-refractivity contribution in [3.63, 3.8) is 0 Å². The molecule has 1 aliphatic heterocycles. The Bertz CT molecular complexity index is 113. The van der Waals surface area contributed by atoms with Gasteiger partial charge in [-0.2, -0.15) is 0 Å². The average Bonchev–Trinajstić information content (AvgIpc) is 1.86. The molecule has 2 fully saturated rings. The standard InChI is InChI=1S/C7H13NO/c8-6-4-7-5(6)2-1-3-9-7/h5-7H,1-4,8H2/t5-,6+,7+/m0/s1. The van der Waals surface area contributed by atoms with E-state index >= 15 is 0 Å². The van der Waals surface area contributed by atoms with Gasteiger partial charge in [0, 0.05) is 18.6 Å². The summed E-state index contributed by atoms with van der Waals surface area (Å²) in [4.78, 5) is 0. The first-order chi connectivity index (χ1) is 4.38. The molecule has 1 aliphatic carbocycles. The van der Waals surface area contributed by atoms with Gasteiger partial charge in [-0.05, 0) is 19.3 Å². The molecule has 0 aromatic carbocycles. The van der Waals surface area contributed by atoms with Crippen molar-refractivity contribution in [3.8, 4) is 0 Å². The van der Waals surface area contributed by atoms with Gasteiger partial charge in [0.2, 0.25) is 0 Å². The normalized spacial score (nSPS) is 49.7. The Balaban J connectivity index is 1.94. The molecule has 0 bridgehead atoms. The SMILES string of the molecule is N[C@@H]1C[C@H]2OCCC[C@@H]12. The van der Waals surface area contributed by atoms with Crippen LogP contribution in [0.2, 0.25) is 0 Å². The minimum atomic E-state index is 0.454. The summed E-state index contributed by atoms with van der Waals surface area (Å²) < 4.78 is 5.47. The fourth-order valence-electron chi connectivity index (χ4n) is 1.84. The maximum atomic E-state index is 5.75. The molecular formula is C7H13NO. The Labute approximate surface area is 55.4 Å². The fourth-order valence-corrected chi connectivity index (χ4v) is 1.84. The van der Waals surface area contributed by atoms with Crippen LogP contribution in [-0.4, -0.2) is 18.8 Å². The quantitative estimate of drug-likeness (QED) is 0.514. The Morgan fingerprint density at radius 2 is 2.33 bits per heavy atom. The monoisotopic (exact) mass is 127 g/mol. The van der Waals surface area contributed by atoms with Crippen LogP contribution in [0.15, 0.2) is 0 Å². The Morgan fingerprint density at radius 1 is 1.44 bits per heavy atom. The Morgan fingerprint density at radius 3 is 2.89 bits per heavy atom. The molecule has 2 N–H and O–H groups in total. The van der Waals surface area contributed by atoms with Crippen molar-refractivity contribution < 1.29 is 4.74 Å². The van der Waals surface area contributed by atoms with E-state index in [0.29, 0.717) is 18.1 Å². The Kier molecular flexibility index (Phi) is 1.24. The first-order valence-corrected chi connectivity index (χ1v) is 3.75. The van der Waals surface area contributed by atoms with Gasteiger partial charge in [-0.3, -0.25) is 0 Å². The summed E-state index contributed by atoms with van der Waals surface area (Å²) >= 11 is 0. The molecule has 2 nitrogen and oxygen atoms in total. The average molecular weight is 127 g/mol. The van der Waals surface area contributed by atoms with E-state index in [4.69, 9.17) is 10.5 Å². The highest BCUT2D eigenvalue weighted by Gasteiger charge is 2.40. The van der Waals surface area contributed by atoms with Crippen molar-refractivity contribution in [1.29, 1.82) is 0 Å². The third-order valence-electron chi connectivity index (χ3n) is 2.55. The predicted octanol–water partition coefficient (Wildman–Crippen LogP) is 0.513. The summed E-state index contributed by atoms with van der Waals surface area (Å²) in [5.41, 5.74) is 5.75. The first kappa shape index (κ1) is 5.69. The molecule has 0 aromatic heterocycles. The highest BCUT2D eigenvalue weighted by atomic mass is 16.5. The predicted molar refractivity (Wildman–Crippen MR) is 35.1 cm³/mol. The van der Waals surface area contributed by atoms with Crippen LogP contribution in [0.3, 0.4) is 0 Å². The number of rotatable bonds is 0. The summed E-state index contributed by atoms with van der Waals surface area (Å²) in [6.07, 6.45) is 4.15. The van der Waals surface area contributed by atoms with Crippen LogP contribution in [-0.2, 0) is 4.74 Å². The van der Waals surface area contributed by atoms with Crippen molar-refractivity contribution in [2.45, 2.75) is 31.4 Å². The number of hydrogen-bond acceptors (Lipinski definition) is 2. The molecule has 0 aromatic rings. The minimum absolute atomic E-state index is 0.454. The molecule has 0 amide bonds. The van der Waals surface area contributed by atoms with Crippen LogP contribution in [0, 0.1) is 5.92 Å². The van der Waals surface area contributed by atoms with Crippen LogP contribution in [0.1, 0.15) is 19.3 Å². The van der Waals surface area contributed by atoms with Crippen molar-refractivity contribution in [2.24, 2.45) is 11.7 Å². The lowest BCUT2D eigenvalue weighted by Gasteiger charge is -2.45. The van der Waals surface area contributed by atoms with E-state index < -0.39 is 0 Å². The van der Waals surface area contributed by atoms with Crippen molar-refractivity contribution in [3.05, 3.63) is 0 Å². The molecule has 0 spiro atoms. The zero-order valence-electron chi connectivity index (χ0n) is 5.55. The van der Waals surface area contributed by atoms with E-state index in [9.17, 15) is 0 Å². The number of nitrogens with two attached hydrogens (primary N) is 1. The van der Waals surface area contributed by atoms with Gasteiger partial charge in [-0.25, -0.2) is 0 Å². The third-order valence-corrected chi connectivity index (χ3v) is 2.55. The highest BCUT2D eigenvalue weighted by Crippen LogP contribution is 2.36.